The summed E-state index contributed by atoms with van der Waals surface area (Å²) in [5.74, 6) is -1.93. The number of benzene rings is 4. The van der Waals surface area contributed by atoms with E-state index < -0.39 is 35.4 Å². The van der Waals surface area contributed by atoms with Gasteiger partial charge < -0.3 is 25.2 Å². The number of carbonyl (C=O) groups is 2. The van der Waals surface area contributed by atoms with Crippen molar-refractivity contribution in [3.63, 3.8) is 0 Å². The van der Waals surface area contributed by atoms with E-state index in [2.05, 4.69) is 27.5 Å². The van der Waals surface area contributed by atoms with Crippen molar-refractivity contribution in [3.8, 4) is 0 Å². The quantitative estimate of drug-likeness (QED) is 0.0345. The van der Waals surface area contributed by atoms with Crippen LogP contribution in [0, 0.1) is 5.92 Å². The first-order chi connectivity index (χ1) is 34.8. The van der Waals surface area contributed by atoms with Crippen molar-refractivity contribution >= 4 is 23.4 Å². The molecule has 1 aliphatic heterocycles. The Hall–Kier alpha value is -5.74. The molecule has 3 fully saturated rings. The molecule has 2 aliphatic carbocycles. The second kappa shape index (κ2) is 26.5. The van der Waals surface area contributed by atoms with E-state index in [-0.39, 0.29) is 37.4 Å². The van der Waals surface area contributed by atoms with Gasteiger partial charge in [-0.25, -0.2) is 0 Å². The maximum absolute atomic E-state index is 13.8. The van der Waals surface area contributed by atoms with E-state index in [0.29, 0.717) is 66.4 Å². The number of aliphatic carboxylic acids is 2. The summed E-state index contributed by atoms with van der Waals surface area (Å²) in [6.07, 6.45) is 2.20. The van der Waals surface area contributed by atoms with Crippen LogP contribution in [0.3, 0.4) is 0 Å². The van der Waals surface area contributed by atoms with Crippen molar-refractivity contribution in [2.45, 2.75) is 162 Å². The van der Waals surface area contributed by atoms with Gasteiger partial charge >= 0.3 is 24.3 Å². The first kappa shape index (κ1) is 56.6. The normalized spacial score (nSPS) is 16.6. The SMILES string of the molecule is CCc1cc(C(C)=NOCc2ccc(C3CCCCC3)c(C(F)(F)F)c2)ccc1CN1CC(C(=O)O)C1.CCc1cc(C(C)=NOCc2ccc(C3CCCCC3)c(C(F)(F)F)c2)ccc1CNCCC(=O)O. The topological polar surface area (TPSA) is 133 Å². The highest BCUT2D eigenvalue weighted by Gasteiger charge is 2.37. The lowest BCUT2D eigenvalue weighted by atomic mass is 9.81. The largest absolute Gasteiger partial charge is 0.481 e. The van der Waals surface area contributed by atoms with Crippen molar-refractivity contribution in [3.05, 3.63) is 140 Å². The number of carboxylic acids is 2. The van der Waals surface area contributed by atoms with Gasteiger partial charge in [0, 0.05) is 32.7 Å². The second-order valence-corrected chi connectivity index (χ2v) is 19.6. The van der Waals surface area contributed by atoms with E-state index >= 15 is 0 Å². The first-order valence-corrected chi connectivity index (χ1v) is 25.7. The Kier molecular flexibility index (Phi) is 20.5. The van der Waals surface area contributed by atoms with Crippen LogP contribution in [0.5, 0.6) is 0 Å². The van der Waals surface area contributed by atoms with Crippen LogP contribution in [0.15, 0.2) is 83.1 Å². The van der Waals surface area contributed by atoms with Crippen LogP contribution in [-0.2, 0) is 70.8 Å². The summed E-state index contributed by atoms with van der Waals surface area (Å²) in [6.45, 7) is 10.4. The molecule has 0 amide bonds. The Labute approximate surface area is 425 Å². The molecule has 0 unspecified atom stereocenters. The zero-order chi connectivity index (χ0) is 52.7. The van der Waals surface area contributed by atoms with Crippen molar-refractivity contribution in [2.24, 2.45) is 16.2 Å². The maximum Gasteiger partial charge on any atom is 0.416 e. The van der Waals surface area contributed by atoms with E-state index in [0.717, 1.165) is 110 Å². The average Bonchev–Trinajstić information content (AvgIpc) is 3.36. The summed E-state index contributed by atoms with van der Waals surface area (Å²) in [5, 5.41) is 29.3. The van der Waals surface area contributed by atoms with Crippen molar-refractivity contribution < 1.29 is 55.8 Å². The zero-order valence-electron chi connectivity index (χ0n) is 42.4. The summed E-state index contributed by atoms with van der Waals surface area (Å²) >= 11 is 0. The number of nitrogens with zero attached hydrogens (tertiary/aromatic N) is 3. The Balaban J connectivity index is 0.000000238. The molecule has 0 aromatic heterocycles. The predicted molar refractivity (Wildman–Crippen MR) is 271 cm³/mol. The van der Waals surface area contributed by atoms with Crippen LogP contribution in [0.1, 0.15) is 177 Å². The van der Waals surface area contributed by atoms with Gasteiger partial charge in [-0.15, -0.1) is 0 Å². The molecule has 1 heterocycles. The predicted octanol–water partition coefficient (Wildman–Crippen LogP) is 13.6. The van der Waals surface area contributed by atoms with Crippen LogP contribution in [-0.4, -0.2) is 58.1 Å². The fourth-order valence-corrected chi connectivity index (χ4v) is 10.1. The van der Waals surface area contributed by atoms with E-state index in [4.69, 9.17) is 19.9 Å². The highest BCUT2D eigenvalue weighted by Crippen LogP contribution is 2.43. The van der Waals surface area contributed by atoms with Crippen molar-refractivity contribution in [1.29, 1.82) is 0 Å². The molecule has 7 rings (SSSR count). The van der Waals surface area contributed by atoms with Gasteiger partial charge in [0.15, 0.2) is 0 Å². The van der Waals surface area contributed by atoms with E-state index in [9.17, 15) is 35.9 Å². The molecule has 0 bridgehead atoms. The molecular weight excluding hydrogens is 951 g/mol. The second-order valence-electron chi connectivity index (χ2n) is 19.6. The average molecular weight is 1020 g/mol. The van der Waals surface area contributed by atoms with E-state index in [1.54, 1.807) is 31.2 Å². The standard InChI is InChI=1S/C29H35F3N2O3.C28H35F3N2O3/c1-3-21-14-23(10-11-24(21)15-34-16-25(17-34)28(35)36)19(2)33-37-18-20-9-12-26(22-7-5-4-6-8-22)27(13-20)29(30,31)32;1-3-21-16-23(10-11-24(21)17-32-14-13-27(34)35)19(2)33-36-18-20-9-12-25(22-7-5-4-6-8-22)26(15-20)28(29,30)31/h9-14,22,25H,3-8,15-18H2,1-2H3,(H,35,36);9-12,15-16,22,32H,3-8,13-14,17-18H2,1-2H3,(H,34,35). The van der Waals surface area contributed by atoms with E-state index in [1.165, 1.54) is 12.1 Å². The maximum atomic E-state index is 13.8. The summed E-state index contributed by atoms with van der Waals surface area (Å²) in [5.41, 5.74) is 8.10. The smallest absolute Gasteiger partial charge is 0.416 e. The van der Waals surface area contributed by atoms with E-state index in [1.807, 2.05) is 50.2 Å². The molecule has 4 aromatic carbocycles. The number of rotatable bonds is 20. The molecule has 3 N–H and O–H groups in total. The van der Waals surface area contributed by atoms with Gasteiger partial charge in [-0.05, 0) is 144 Å². The number of alkyl halides is 6. The van der Waals surface area contributed by atoms with Gasteiger partial charge in [0.1, 0.15) is 13.2 Å². The van der Waals surface area contributed by atoms with Crippen LogP contribution in [0.25, 0.3) is 0 Å². The van der Waals surface area contributed by atoms with Crippen LogP contribution in [0.2, 0.25) is 0 Å². The Morgan fingerprint density at radius 2 is 1.08 bits per heavy atom. The number of hydrogen-bond acceptors (Lipinski definition) is 8. The van der Waals surface area contributed by atoms with Crippen LogP contribution >= 0.6 is 0 Å². The third kappa shape index (κ3) is 16.4. The molecule has 2 saturated carbocycles. The number of likely N-dealkylation sites (tertiary alicyclic amines) is 1. The Morgan fingerprint density at radius 1 is 0.630 bits per heavy atom. The lowest BCUT2D eigenvalue weighted by Gasteiger charge is -2.37. The van der Waals surface area contributed by atoms with Gasteiger partial charge in [-0.3, -0.25) is 14.5 Å². The molecule has 3 aliphatic rings. The third-order valence-electron chi connectivity index (χ3n) is 14.3. The minimum absolute atomic E-state index is 0.0315. The monoisotopic (exact) mass is 1020 g/mol. The van der Waals surface area contributed by atoms with Crippen molar-refractivity contribution in [1.82, 2.24) is 10.2 Å². The van der Waals surface area contributed by atoms with Crippen LogP contribution < -0.4 is 5.32 Å². The number of aryl methyl sites for hydroxylation is 2. The zero-order valence-corrected chi connectivity index (χ0v) is 42.4. The van der Waals surface area contributed by atoms with Crippen molar-refractivity contribution in [2.75, 3.05) is 19.6 Å². The molecule has 10 nitrogen and oxygen atoms in total. The van der Waals surface area contributed by atoms with Gasteiger partial charge in [0.25, 0.3) is 0 Å². The summed E-state index contributed by atoms with van der Waals surface area (Å²) in [6, 6.07) is 21.0. The fourth-order valence-electron chi connectivity index (χ4n) is 10.1. The number of halogens is 6. The number of carboxylic acid groups (broad SMARTS) is 2. The molecule has 1 saturated heterocycles. The minimum Gasteiger partial charge on any atom is -0.481 e. The van der Waals surface area contributed by atoms with Gasteiger partial charge in [0.2, 0.25) is 0 Å². The first-order valence-electron chi connectivity index (χ1n) is 25.7. The van der Waals surface area contributed by atoms with Gasteiger partial charge in [-0.1, -0.05) is 111 Å². The molecule has 396 valence electrons. The highest BCUT2D eigenvalue weighted by atomic mass is 19.4. The minimum atomic E-state index is -4.40. The number of oxime groups is 2. The fraction of sp³-hybridized carbons (Fsp3) is 0.509. The molecule has 0 atom stereocenters. The third-order valence-corrected chi connectivity index (χ3v) is 14.3. The lowest BCUT2D eigenvalue weighted by Crippen LogP contribution is -2.49. The molecule has 0 spiro atoms. The lowest BCUT2D eigenvalue weighted by molar-refractivity contribution is -0.148. The summed E-state index contributed by atoms with van der Waals surface area (Å²) in [4.78, 5) is 34.7. The molecule has 4 aromatic rings. The molecule has 0 radical (unpaired) electrons. The van der Waals surface area contributed by atoms with Gasteiger partial charge in [0.05, 0.1) is 34.9 Å². The highest BCUT2D eigenvalue weighted by molar-refractivity contribution is 5.99. The Bertz CT molecular complexity index is 2540. The Morgan fingerprint density at radius 3 is 1.51 bits per heavy atom. The summed E-state index contributed by atoms with van der Waals surface area (Å²) in [7, 11) is 0. The molecular formula is C57H70F6N4O6. The van der Waals surface area contributed by atoms with Gasteiger partial charge in [-0.2, -0.15) is 26.3 Å². The number of hydrogen-bond donors (Lipinski definition) is 3. The van der Waals surface area contributed by atoms with Crippen LogP contribution in [0.4, 0.5) is 26.3 Å². The summed E-state index contributed by atoms with van der Waals surface area (Å²) < 4.78 is 82.8. The molecule has 73 heavy (non-hydrogen) atoms. The molecule has 16 heteroatoms. The number of nitrogens with one attached hydrogen (secondary N) is 1.